The molecule has 0 unspecified atom stereocenters. The summed E-state index contributed by atoms with van der Waals surface area (Å²) in [6.45, 7) is 11.1. The van der Waals surface area contributed by atoms with E-state index in [4.69, 9.17) is 18.9 Å². The van der Waals surface area contributed by atoms with Crippen LogP contribution in [0.5, 0.6) is 0 Å². The summed E-state index contributed by atoms with van der Waals surface area (Å²) in [6.07, 6.45) is 0.689. The summed E-state index contributed by atoms with van der Waals surface area (Å²) in [7, 11) is 0. The topological polar surface area (TPSA) is 71.1 Å². The van der Waals surface area contributed by atoms with Crippen LogP contribution < -0.4 is 0 Å². The smallest absolute Gasteiger partial charge is 0.307 e. The average molecular weight is 304 g/mol. The van der Waals surface area contributed by atoms with Crippen LogP contribution >= 0.6 is 0 Å². The second kappa shape index (κ2) is 9.00. The molecule has 124 valence electrons. The molecule has 0 atom stereocenters. The first kappa shape index (κ1) is 19.9. The van der Waals surface area contributed by atoms with E-state index in [2.05, 4.69) is 0 Å². The van der Waals surface area contributed by atoms with E-state index in [0.717, 1.165) is 0 Å². The summed E-state index contributed by atoms with van der Waals surface area (Å²) in [6, 6.07) is 0. The van der Waals surface area contributed by atoms with Crippen molar-refractivity contribution in [2.45, 2.75) is 72.0 Å². The summed E-state index contributed by atoms with van der Waals surface area (Å²) < 4.78 is 20.3. The molecule has 0 rings (SSSR count). The Morgan fingerprint density at radius 2 is 1.05 bits per heavy atom. The Kier molecular flexibility index (Phi) is 8.51. The normalized spacial score (nSPS) is 12.1. The van der Waals surface area contributed by atoms with Crippen LogP contribution in [0.25, 0.3) is 0 Å². The van der Waals surface area contributed by atoms with Crippen molar-refractivity contribution >= 4 is 11.9 Å². The van der Waals surface area contributed by atoms with E-state index in [0.29, 0.717) is 6.42 Å². The van der Waals surface area contributed by atoms with Gasteiger partial charge in [-0.2, -0.15) is 0 Å². The van der Waals surface area contributed by atoms with Crippen molar-refractivity contribution in [3.63, 3.8) is 0 Å². The Morgan fingerprint density at radius 3 is 1.33 bits per heavy atom. The lowest BCUT2D eigenvalue weighted by Crippen LogP contribution is -2.23. The van der Waals surface area contributed by atoms with Crippen LogP contribution in [0, 0.1) is 0 Å². The number of esters is 2. The van der Waals surface area contributed by atoms with Gasteiger partial charge in [-0.3, -0.25) is 9.59 Å². The Bertz CT molecular complexity index is 292. The Morgan fingerprint density at radius 1 is 0.714 bits per heavy atom. The molecule has 6 nitrogen and oxygen atoms in total. The molecule has 0 amide bonds. The van der Waals surface area contributed by atoms with Gasteiger partial charge in [-0.25, -0.2) is 0 Å². The number of rotatable bonds is 8. The predicted octanol–water partition coefficient (Wildman–Crippen LogP) is 2.79. The second-order valence-corrected chi connectivity index (χ2v) is 6.64. The van der Waals surface area contributed by atoms with Gasteiger partial charge in [-0.15, -0.1) is 0 Å². The van der Waals surface area contributed by atoms with Crippen molar-refractivity contribution < 1.29 is 28.5 Å². The highest BCUT2D eigenvalue weighted by Gasteiger charge is 2.13. The summed E-state index contributed by atoms with van der Waals surface area (Å²) in [5, 5.41) is 0. The molecule has 0 aliphatic rings. The molecule has 0 fully saturated rings. The summed E-state index contributed by atoms with van der Waals surface area (Å²) in [5.41, 5.74) is -0.700. The molecule has 6 heteroatoms. The van der Waals surface area contributed by atoms with Gasteiger partial charge in [-0.05, 0) is 48.0 Å². The molecule has 0 aromatic heterocycles. The predicted molar refractivity (Wildman–Crippen MR) is 77.4 cm³/mol. The molecule has 0 bridgehead atoms. The lowest BCUT2D eigenvalue weighted by atomic mass is 10.2. The number of carbonyl (C=O) groups excluding carboxylic acids is 2. The molecule has 0 N–H and O–H groups in total. The van der Waals surface area contributed by atoms with Crippen LogP contribution in [0.4, 0.5) is 0 Å². The largest absolute Gasteiger partial charge is 0.438 e. The maximum absolute atomic E-state index is 11.4. The van der Waals surface area contributed by atoms with E-state index in [1.54, 1.807) is 0 Å². The quantitative estimate of drug-likeness (QED) is 0.507. The van der Waals surface area contributed by atoms with E-state index < -0.39 is 11.9 Å². The molecule has 0 aromatic rings. The maximum Gasteiger partial charge on any atom is 0.307 e. The van der Waals surface area contributed by atoms with Crippen molar-refractivity contribution in [3.8, 4) is 0 Å². The highest BCUT2D eigenvalue weighted by atomic mass is 16.7. The van der Waals surface area contributed by atoms with Crippen LogP contribution in [-0.4, -0.2) is 36.7 Å². The molecule has 0 radical (unpaired) electrons. The third-order valence-electron chi connectivity index (χ3n) is 2.19. The van der Waals surface area contributed by atoms with Crippen molar-refractivity contribution in [2.75, 3.05) is 13.6 Å². The third kappa shape index (κ3) is 15.1. The van der Waals surface area contributed by atoms with Crippen LogP contribution in [0.1, 0.15) is 60.8 Å². The fourth-order valence-corrected chi connectivity index (χ4v) is 1.07. The van der Waals surface area contributed by atoms with Gasteiger partial charge in [0.15, 0.2) is 13.6 Å². The number of carbonyl (C=O) groups is 2. The molecule has 0 aliphatic heterocycles. The monoisotopic (exact) mass is 304 g/mol. The molecule has 0 aliphatic carbocycles. The van der Waals surface area contributed by atoms with Gasteiger partial charge >= 0.3 is 11.9 Å². The van der Waals surface area contributed by atoms with Crippen LogP contribution in [0.3, 0.4) is 0 Å². The molecular weight excluding hydrogens is 276 g/mol. The first-order valence-electron chi connectivity index (χ1n) is 7.09. The van der Waals surface area contributed by atoms with Crippen LogP contribution in [0.2, 0.25) is 0 Å². The number of hydrogen-bond acceptors (Lipinski definition) is 6. The van der Waals surface area contributed by atoms with E-state index in [1.165, 1.54) is 0 Å². The lowest BCUT2D eigenvalue weighted by molar-refractivity contribution is -0.168. The zero-order valence-electron chi connectivity index (χ0n) is 14.0. The van der Waals surface area contributed by atoms with Crippen LogP contribution in [-0.2, 0) is 28.5 Å². The van der Waals surface area contributed by atoms with Crippen molar-refractivity contribution in [2.24, 2.45) is 0 Å². The second-order valence-electron chi connectivity index (χ2n) is 6.64. The van der Waals surface area contributed by atoms with Gasteiger partial charge in [0.25, 0.3) is 0 Å². The maximum atomic E-state index is 11.4. The minimum absolute atomic E-state index is 0.0772. The molecule has 0 spiro atoms. The van der Waals surface area contributed by atoms with Gasteiger partial charge in [0.1, 0.15) is 0 Å². The fraction of sp³-hybridized carbons (Fsp3) is 0.867. The summed E-state index contributed by atoms with van der Waals surface area (Å²) in [4.78, 5) is 22.8. The van der Waals surface area contributed by atoms with E-state index in [9.17, 15) is 9.59 Å². The highest BCUT2D eigenvalue weighted by Crippen LogP contribution is 2.08. The van der Waals surface area contributed by atoms with Crippen molar-refractivity contribution in [1.82, 2.24) is 0 Å². The number of ether oxygens (including phenoxy) is 4. The lowest BCUT2D eigenvalue weighted by Gasteiger charge is -2.19. The minimum Gasteiger partial charge on any atom is -0.438 e. The summed E-state index contributed by atoms with van der Waals surface area (Å²) in [5.74, 6) is -0.781. The highest BCUT2D eigenvalue weighted by molar-refractivity contribution is 5.72. The molecule has 0 aromatic carbocycles. The van der Waals surface area contributed by atoms with Crippen molar-refractivity contribution in [3.05, 3.63) is 0 Å². The Balaban J connectivity index is 3.60. The van der Waals surface area contributed by atoms with Crippen LogP contribution in [0.15, 0.2) is 0 Å². The first-order chi connectivity index (χ1) is 9.49. The van der Waals surface area contributed by atoms with E-state index in [1.807, 2.05) is 41.5 Å². The van der Waals surface area contributed by atoms with E-state index >= 15 is 0 Å². The number of hydrogen-bond donors (Lipinski definition) is 0. The fourth-order valence-electron chi connectivity index (χ4n) is 1.07. The molecule has 0 saturated heterocycles. The minimum atomic E-state index is -0.391. The molecular formula is C15H28O6. The van der Waals surface area contributed by atoms with Gasteiger partial charge in [0.2, 0.25) is 0 Å². The summed E-state index contributed by atoms with van der Waals surface area (Å²) >= 11 is 0. The van der Waals surface area contributed by atoms with Gasteiger partial charge in [0.05, 0.1) is 11.2 Å². The molecule has 0 saturated carbocycles. The first-order valence-corrected chi connectivity index (χ1v) is 7.09. The van der Waals surface area contributed by atoms with E-state index in [-0.39, 0.29) is 37.6 Å². The van der Waals surface area contributed by atoms with Gasteiger partial charge in [-0.1, -0.05) is 0 Å². The average Bonchev–Trinajstić information content (AvgIpc) is 2.25. The van der Waals surface area contributed by atoms with Gasteiger partial charge in [0, 0.05) is 12.8 Å². The Labute approximate surface area is 127 Å². The van der Waals surface area contributed by atoms with Crippen molar-refractivity contribution in [1.29, 1.82) is 0 Å². The standard InChI is InChI=1S/C15H28O6/c1-14(2,3)20-10-18-12(16)8-7-9-13(17)19-11-21-15(4,5)6/h7-11H2,1-6H3. The molecule has 21 heavy (non-hydrogen) atoms. The third-order valence-corrected chi connectivity index (χ3v) is 2.19. The SMILES string of the molecule is CC(C)(C)OCOC(=O)CCCC(=O)OCOC(C)(C)C. The zero-order valence-corrected chi connectivity index (χ0v) is 14.0. The van der Waals surface area contributed by atoms with Gasteiger partial charge < -0.3 is 18.9 Å². The zero-order chi connectivity index (χ0) is 16.5. The Hall–Kier alpha value is -1.14. The molecule has 0 heterocycles.